The van der Waals surface area contributed by atoms with Gasteiger partial charge in [0.15, 0.2) is 10.5 Å². The van der Waals surface area contributed by atoms with Crippen LogP contribution in [0.5, 0.6) is 0 Å². The fraction of sp³-hybridized carbons (Fsp3) is 0.429. The van der Waals surface area contributed by atoms with Gasteiger partial charge in [-0.25, -0.2) is 18.4 Å². The van der Waals surface area contributed by atoms with Gasteiger partial charge >= 0.3 is 0 Å². The van der Waals surface area contributed by atoms with Gasteiger partial charge in [0.2, 0.25) is 0 Å². The summed E-state index contributed by atoms with van der Waals surface area (Å²) in [6.45, 7) is 0.817. The lowest BCUT2D eigenvalue weighted by Gasteiger charge is -2.17. The summed E-state index contributed by atoms with van der Waals surface area (Å²) in [5.74, 6) is -2.86. The maximum Gasteiger partial charge on any atom is 0.276 e. The molecule has 0 radical (unpaired) electrons. The summed E-state index contributed by atoms with van der Waals surface area (Å²) in [7, 11) is 0. The van der Waals surface area contributed by atoms with Crippen molar-refractivity contribution < 1.29 is 13.6 Å². The van der Waals surface area contributed by atoms with Gasteiger partial charge in [0, 0.05) is 6.92 Å². The van der Waals surface area contributed by atoms with E-state index in [2.05, 4.69) is 10.4 Å². The molecule has 0 saturated carbocycles. The molecule has 82 valence electrons. The molecule has 8 heteroatoms. The second-order valence-electron chi connectivity index (χ2n) is 3.14. The fourth-order valence-electron chi connectivity index (χ4n) is 1.11. The second kappa shape index (κ2) is 3.34. The third kappa shape index (κ3) is 1.93. The van der Waals surface area contributed by atoms with Gasteiger partial charge in [-0.2, -0.15) is 0 Å². The van der Waals surface area contributed by atoms with Crippen molar-refractivity contribution in [3.05, 3.63) is 11.9 Å². The third-order valence-corrected chi connectivity index (χ3v) is 3.26. The van der Waals surface area contributed by atoms with Gasteiger partial charge in [-0.3, -0.25) is 4.79 Å². The Morgan fingerprint density at radius 2 is 2.47 bits per heavy atom. The van der Waals surface area contributed by atoms with Crippen molar-refractivity contribution >= 4 is 28.6 Å². The molecule has 0 aromatic carbocycles. The van der Waals surface area contributed by atoms with E-state index in [9.17, 15) is 13.6 Å². The molecular weight excluding hydrogens is 248 g/mol. The molecule has 2 heterocycles. The van der Waals surface area contributed by atoms with E-state index in [0.29, 0.717) is 5.16 Å². The lowest BCUT2D eigenvalue weighted by molar-refractivity contribution is 0.0248. The largest absolute Gasteiger partial charge is 0.304 e. The average Bonchev–Trinajstić information content (AvgIpc) is 2.55. The first-order valence-electron chi connectivity index (χ1n) is 3.98. The number of alkyl halides is 2. The summed E-state index contributed by atoms with van der Waals surface area (Å²) in [5.41, 5.74) is 2.55. The van der Waals surface area contributed by atoms with Crippen molar-refractivity contribution in [1.82, 2.24) is 9.66 Å². The number of aromatic nitrogens is 2. The summed E-state index contributed by atoms with van der Waals surface area (Å²) in [4.78, 5) is 14.5. The van der Waals surface area contributed by atoms with Crippen LogP contribution < -0.4 is 5.43 Å². The van der Waals surface area contributed by atoms with E-state index < -0.39 is 16.5 Å². The Kier molecular flexibility index (Phi) is 2.38. The molecule has 0 amide bonds. The van der Waals surface area contributed by atoms with Crippen molar-refractivity contribution in [2.75, 3.05) is 5.43 Å². The highest BCUT2D eigenvalue weighted by Crippen LogP contribution is 2.36. The van der Waals surface area contributed by atoms with Crippen LogP contribution in [0.2, 0.25) is 0 Å². The van der Waals surface area contributed by atoms with E-state index in [0.717, 1.165) is 18.7 Å². The van der Waals surface area contributed by atoms with Gasteiger partial charge in [-0.1, -0.05) is 11.8 Å². The third-order valence-electron chi connectivity index (χ3n) is 1.81. The molecule has 2 rings (SSSR count). The molecule has 15 heavy (non-hydrogen) atoms. The molecule has 4 nitrogen and oxygen atoms in total. The van der Waals surface area contributed by atoms with E-state index in [4.69, 9.17) is 11.6 Å². The number of thioether (sulfide) groups is 1. The zero-order valence-corrected chi connectivity index (χ0v) is 9.07. The van der Waals surface area contributed by atoms with Crippen LogP contribution in [0.3, 0.4) is 0 Å². The minimum absolute atomic E-state index is 0.0459. The van der Waals surface area contributed by atoms with E-state index in [1.54, 1.807) is 0 Å². The van der Waals surface area contributed by atoms with Gasteiger partial charge in [-0.05, 0) is 11.6 Å². The van der Waals surface area contributed by atoms with Crippen LogP contribution in [-0.2, 0) is 0 Å². The molecule has 1 aliphatic heterocycles. The summed E-state index contributed by atoms with van der Waals surface area (Å²) in [6, 6.07) is 0. The van der Waals surface area contributed by atoms with Crippen LogP contribution in [-0.4, -0.2) is 26.2 Å². The van der Waals surface area contributed by atoms with Crippen molar-refractivity contribution in [1.29, 1.82) is 0 Å². The molecule has 1 aromatic rings. The number of hydrogen-bond acceptors (Lipinski definition) is 4. The van der Waals surface area contributed by atoms with E-state index in [1.165, 1.54) is 10.9 Å². The number of nitrogens with zero attached hydrogens (tertiary/aromatic N) is 2. The highest BCUT2D eigenvalue weighted by Gasteiger charge is 2.40. The minimum Gasteiger partial charge on any atom is -0.304 e. The Hall–Kier alpha value is -0.820. The van der Waals surface area contributed by atoms with Crippen molar-refractivity contribution in [3.63, 3.8) is 0 Å². The molecule has 0 saturated heterocycles. The normalized spacial score (nSPS) is 19.9. The molecule has 1 aliphatic rings. The fourth-order valence-corrected chi connectivity index (χ4v) is 2.15. The SMILES string of the molecule is CC(F)(F)C1Nn2cc(C(=O)Cl)nc2S1. The maximum atomic E-state index is 12.9. The summed E-state index contributed by atoms with van der Waals surface area (Å²) >= 11 is 6.06. The van der Waals surface area contributed by atoms with Gasteiger partial charge in [0.05, 0.1) is 6.20 Å². The molecule has 1 unspecified atom stereocenters. The topological polar surface area (TPSA) is 46.9 Å². The van der Waals surface area contributed by atoms with E-state index >= 15 is 0 Å². The molecule has 1 atom stereocenters. The number of nitrogens with one attached hydrogen (secondary N) is 1. The average molecular weight is 254 g/mol. The highest BCUT2D eigenvalue weighted by molar-refractivity contribution is 8.00. The molecule has 0 bridgehead atoms. The minimum atomic E-state index is -2.86. The van der Waals surface area contributed by atoms with Gasteiger partial charge in [-0.15, -0.1) is 0 Å². The molecule has 1 aromatic heterocycles. The zero-order valence-electron chi connectivity index (χ0n) is 7.50. The van der Waals surface area contributed by atoms with Crippen molar-refractivity contribution in [3.8, 4) is 0 Å². The van der Waals surface area contributed by atoms with Crippen LogP contribution in [0.4, 0.5) is 8.78 Å². The predicted octanol–water partition coefficient (Wildman–Crippen LogP) is 1.89. The lowest BCUT2D eigenvalue weighted by atomic mass is 10.4. The van der Waals surface area contributed by atoms with Crippen LogP contribution in [0.15, 0.2) is 11.4 Å². The quantitative estimate of drug-likeness (QED) is 0.818. The number of carbonyl (C=O) groups is 1. The van der Waals surface area contributed by atoms with Crippen LogP contribution in [0, 0.1) is 0 Å². The lowest BCUT2D eigenvalue weighted by Crippen LogP contribution is -2.34. The number of halogens is 3. The van der Waals surface area contributed by atoms with E-state index in [-0.39, 0.29) is 5.69 Å². The van der Waals surface area contributed by atoms with Crippen LogP contribution in [0.1, 0.15) is 17.4 Å². The molecule has 0 aliphatic carbocycles. The highest BCUT2D eigenvalue weighted by atomic mass is 35.5. The molecule has 0 fully saturated rings. The van der Waals surface area contributed by atoms with E-state index in [1.807, 2.05) is 0 Å². The number of carbonyl (C=O) groups excluding carboxylic acids is 1. The standard InChI is InChI=1S/C7H6ClF2N3OS/c1-7(9,10)5-12-13-2-3(4(8)14)11-6(13)15-5/h2,5,12H,1H3. The Morgan fingerprint density at radius 3 is 2.93 bits per heavy atom. The number of hydrogen-bond donors (Lipinski definition) is 1. The van der Waals surface area contributed by atoms with Crippen LogP contribution >= 0.6 is 23.4 Å². The molecule has 1 N–H and O–H groups in total. The second-order valence-corrected chi connectivity index (χ2v) is 4.55. The zero-order chi connectivity index (χ0) is 11.2. The molecular formula is C7H6ClF2N3OS. The Morgan fingerprint density at radius 1 is 1.80 bits per heavy atom. The first-order valence-corrected chi connectivity index (χ1v) is 5.24. The number of rotatable bonds is 2. The van der Waals surface area contributed by atoms with Gasteiger partial charge in [0.1, 0.15) is 5.69 Å². The maximum absolute atomic E-state index is 12.9. The van der Waals surface area contributed by atoms with Gasteiger partial charge in [0.25, 0.3) is 11.2 Å². The first-order chi connectivity index (χ1) is 6.88. The Labute approximate surface area is 93.0 Å². The summed E-state index contributed by atoms with van der Waals surface area (Å²) in [6.07, 6.45) is 1.30. The summed E-state index contributed by atoms with van der Waals surface area (Å²) in [5, 5.41) is -1.47. The van der Waals surface area contributed by atoms with Crippen molar-refractivity contribution in [2.45, 2.75) is 23.4 Å². The van der Waals surface area contributed by atoms with Crippen LogP contribution in [0.25, 0.3) is 0 Å². The molecule has 0 spiro atoms. The smallest absolute Gasteiger partial charge is 0.276 e. The Balaban J connectivity index is 2.21. The van der Waals surface area contributed by atoms with Gasteiger partial charge < -0.3 is 5.43 Å². The number of imidazole rings is 1. The Bertz CT molecular complexity index is 393. The predicted molar refractivity (Wildman–Crippen MR) is 52.0 cm³/mol. The van der Waals surface area contributed by atoms with Crippen molar-refractivity contribution in [2.24, 2.45) is 0 Å². The summed E-state index contributed by atoms with van der Waals surface area (Å²) < 4.78 is 27.1. The number of fused-ring (bicyclic) bond motifs is 1. The monoisotopic (exact) mass is 253 g/mol. The first kappa shape index (κ1) is 10.7.